The average molecular weight is 354 g/mol. The van der Waals surface area contributed by atoms with Crippen molar-refractivity contribution in [3.05, 3.63) is 59.2 Å². The maximum Gasteiger partial charge on any atom is 0.340 e. The van der Waals surface area contributed by atoms with Gasteiger partial charge >= 0.3 is 5.97 Å². The van der Waals surface area contributed by atoms with E-state index in [0.29, 0.717) is 17.9 Å². The molecule has 1 amide bonds. The second kappa shape index (κ2) is 9.61. The molecule has 0 aliphatic heterocycles. The molecule has 0 saturated heterocycles. The molecule has 0 aliphatic carbocycles. The standard InChI is InChI=1S/C21H26N2O3/c1-4-15-10-9-11-16(5-2)20(15)23-19(24)14-22-18-13-8-7-12-17(18)21(25)26-6-3/h7-13,22H,4-6,14H2,1-3H3,(H,23,24). The van der Waals surface area contributed by atoms with Crippen molar-refractivity contribution in [1.29, 1.82) is 0 Å². The lowest BCUT2D eigenvalue weighted by molar-refractivity contribution is -0.114. The molecule has 0 aliphatic rings. The van der Waals surface area contributed by atoms with Gasteiger partial charge < -0.3 is 15.4 Å². The Morgan fingerprint density at radius 1 is 0.923 bits per heavy atom. The molecule has 2 aromatic rings. The van der Waals surface area contributed by atoms with Crippen molar-refractivity contribution >= 4 is 23.3 Å². The molecule has 5 nitrogen and oxygen atoms in total. The van der Waals surface area contributed by atoms with Crippen molar-refractivity contribution < 1.29 is 14.3 Å². The van der Waals surface area contributed by atoms with Crippen LogP contribution in [0.1, 0.15) is 42.3 Å². The fraction of sp³-hybridized carbons (Fsp3) is 0.333. The molecule has 2 aromatic carbocycles. The molecule has 0 radical (unpaired) electrons. The number of nitrogens with one attached hydrogen (secondary N) is 2. The molecule has 0 unspecified atom stereocenters. The third-order valence-corrected chi connectivity index (χ3v) is 4.13. The van der Waals surface area contributed by atoms with E-state index in [4.69, 9.17) is 4.74 Å². The van der Waals surface area contributed by atoms with Crippen molar-refractivity contribution in [2.24, 2.45) is 0 Å². The SMILES string of the molecule is CCOC(=O)c1ccccc1NCC(=O)Nc1c(CC)cccc1CC. The van der Waals surface area contributed by atoms with E-state index in [-0.39, 0.29) is 12.5 Å². The largest absolute Gasteiger partial charge is 0.462 e. The molecule has 0 atom stereocenters. The van der Waals surface area contributed by atoms with Crippen molar-refractivity contribution in [3.8, 4) is 0 Å². The second-order valence-corrected chi connectivity index (χ2v) is 5.83. The van der Waals surface area contributed by atoms with E-state index in [0.717, 1.165) is 29.7 Å². The number of ether oxygens (including phenoxy) is 1. The van der Waals surface area contributed by atoms with Crippen molar-refractivity contribution in [1.82, 2.24) is 0 Å². The third-order valence-electron chi connectivity index (χ3n) is 4.13. The second-order valence-electron chi connectivity index (χ2n) is 5.83. The van der Waals surface area contributed by atoms with Gasteiger partial charge in [-0.1, -0.05) is 44.2 Å². The topological polar surface area (TPSA) is 67.4 Å². The Morgan fingerprint density at radius 2 is 1.58 bits per heavy atom. The van der Waals surface area contributed by atoms with Crippen LogP contribution in [-0.4, -0.2) is 25.0 Å². The Kier molecular flexibility index (Phi) is 7.21. The number of benzene rings is 2. The van der Waals surface area contributed by atoms with Gasteiger partial charge in [-0.15, -0.1) is 0 Å². The lowest BCUT2D eigenvalue weighted by atomic mass is 10.0. The van der Waals surface area contributed by atoms with Gasteiger partial charge in [-0.2, -0.15) is 0 Å². The molecular weight excluding hydrogens is 328 g/mol. The van der Waals surface area contributed by atoms with Gasteiger partial charge in [0.1, 0.15) is 0 Å². The quantitative estimate of drug-likeness (QED) is 0.702. The van der Waals surface area contributed by atoms with E-state index in [1.54, 1.807) is 25.1 Å². The molecular formula is C21H26N2O3. The normalized spacial score (nSPS) is 10.3. The zero-order valence-corrected chi connectivity index (χ0v) is 15.6. The van der Waals surface area contributed by atoms with Crippen LogP contribution < -0.4 is 10.6 Å². The monoisotopic (exact) mass is 354 g/mol. The number of anilines is 2. The van der Waals surface area contributed by atoms with Gasteiger partial charge in [0.25, 0.3) is 0 Å². The van der Waals surface area contributed by atoms with Crippen LogP contribution >= 0.6 is 0 Å². The average Bonchev–Trinajstić information content (AvgIpc) is 2.67. The Labute approximate surface area is 154 Å². The van der Waals surface area contributed by atoms with Gasteiger partial charge in [0.2, 0.25) is 5.91 Å². The zero-order chi connectivity index (χ0) is 18.9. The predicted molar refractivity (Wildman–Crippen MR) is 105 cm³/mol. The van der Waals surface area contributed by atoms with E-state index in [9.17, 15) is 9.59 Å². The number of carbonyl (C=O) groups is 2. The first-order valence-corrected chi connectivity index (χ1v) is 9.01. The molecule has 5 heteroatoms. The summed E-state index contributed by atoms with van der Waals surface area (Å²) >= 11 is 0. The highest BCUT2D eigenvalue weighted by molar-refractivity contribution is 5.98. The third kappa shape index (κ3) is 4.85. The number of hydrogen-bond donors (Lipinski definition) is 2. The molecule has 2 N–H and O–H groups in total. The Hall–Kier alpha value is -2.82. The maximum absolute atomic E-state index is 12.4. The minimum atomic E-state index is -0.402. The van der Waals surface area contributed by atoms with E-state index in [2.05, 4.69) is 24.5 Å². The van der Waals surface area contributed by atoms with E-state index >= 15 is 0 Å². The fourth-order valence-corrected chi connectivity index (χ4v) is 2.79. The molecule has 0 heterocycles. The summed E-state index contributed by atoms with van der Waals surface area (Å²) < 4.78 is 5.05. The molecule has 0 spiro atoms. The molecule has 2 rings (SSSR count). The number of para-hydroxylation sites is 2. The summed E-state index contributed by atoms with van der Waals surface area (Å²) in [6.45, 7) is 6.27. The summed E-state index contributed by atoms with van der Waals surface area (Å²) in [5.41, 5.74) is 4.13. The highest BCUT2D eigenvalue weighted by Crippen LogP contribution is 2.22. The van der Waals surface area contributed by atoms with E-state index in [1.165, 1.54) is 0 Å². The summed E-state index contributed by atoms with van der Waals surface area (Å²) in [4.78, 5) is 24.4. The van der Waals surface area contributed by atoms with E-state index < -0.39 is 5.97 Å². The fourth-order valence-electron chi connectivity index (χ4n) is 2.79. The Morgan fingerprint density at radius 3 is 2.19 bits per heavy atom. The molecule has 0 fully saturated rings. The minimum Gasteiger partial charge on any atom is -0.462 e. The van der Waals surface area contributed by atoms with Crippen LogP contribution in [0.5, 0.6) is 0 Å². The number of carbonyl (C=O) groups excluding carboxylic acids is 2. The van der Waals surface area contributed by atoms with Crippen LogP contribution in [0.3, 0.4) is 0 Å². The maximum atomic E-state index is 12.4. The number of esters is 1. The molecule has 26 heavy (non-hydrogen) atoms. The summed E-state index contributed by atoms with van der Waals surface area (Å²) in [6.07, 6.45) is 1.70. The van der Waals surface area contributed by atoms with Crippen LogP contribution in [0.2, 0.25) is 0 Å². The lowest BCUT2D eigenvalue weighted by Crippen LogP contribution is -2.24. The van der Waals surface area contributed by atoms with Crippen LogP contribution in [0.25, 0.3) is 0 Å². The highest BCUT2D eigenvalue weighted by atomic mass is 16.5. The molecule has 138 valence electrons. The summed E-state index contributed by atoms with van der Waals surface area (Å²) in [5.74, 6) is -0.556. The Balaban J connectivity index is 2.08. The first-order valence-electron chi connectivity index (χ1n) is 9.01. The molecule has 0 saturated carbocycles. The van der Waals surface area contributed by atoms with Gasteiger partial charge in [0.15, 0.2) is 0 Å². The Bertz CT molecular complexity index is 749. The van der Waals surface area contributed by atoms with Crippen LogP contribution in [0.15, 0.2) is 42.5 Å². The van der Waals surface area contributed by atoms with Crippen LogP contribution in [0.4, 0.5) is 11.4 Å². The number of hydrogen-bond acceptors (Lipinski definition) is 4. The van der Waals surface area contributed by atoms with E-state index in [1.807, 2.05) is 24.3 Å². The summed E-state index contributed by atoms with van der Waals surface area (Å²) in [6, 6.07) is 13.1. The highest BCUT2D eigenvalue weighted by Gasteiger charge is 2.14. The first kappa shape index (κ1) is 19.5. The molecule has 0 bridgehead atoms. The van der Waals surface area contributed by atoms with Crippen LogP contribution in [-0.2, 0) is 22.4 Å². The summed E-state index contributed by atoms with van der Waals surface area (Å²) in [7, 11) is 0. The van der Waals surface area contributed by atoms with Gasteiger partial charge in [0, 0.05) is 11.4 Å². The van der Waals surface area contributed by atoms with Gasteiger partial charge in [-0.05, 0) is 43.0 Å². The van der Waals surface area contributed by atoms with Crippen molar-refractivity contribution in [3.63, 3.8) is 0 Å². The zero-order valence-electron chi connectivity index (χ0n) is 15.6. The van der Waals surface area contributed by atoms with Gasteiger partial charge in [-0.3, -0.25) is 4.79 Å². The van der Waals surface area contributed by atoms with Crippen molar-refractivity contribution in [2.45, 2.75) is 33.6 Å². The number of aryl methyl sites for hydroxylation is 2. The first-order chi connectivity index (χ1) is 12.6. The van der Waals surface area contributed by atoms with Crippen molar-refractivity contribution in [2.75, 3.05) is 23.8 Å². The number of amides is 1. The molecule has 0 aromatic heterocycles. The minimum absolute atomic E-state index is 0.0671. The lowest BCUT2D eigenvalue weighted by Gasteiger charge is -2.15. The van der Waals surface area contributed by atoms with Gasteiger partial charge in [-0.25, -0.2) is 4.79 Å². The number of rotatable bonds is 8. The van der Waals surface area contributed by atoms with Gasteiger partial charge in [0.05, 0.1) is 18.7 Å². The smallest absolute Gasteiger partial charge is 0.340 e. The van der Waals surface area contributed by atoms with Crippen LogP contribution in [0, 0.1) is 0 Å². The summed E-state index contributed by atoms with van der Waals surface area (Å²) in [5, 5.41) is 6.04. The predicted octanol–water partition coefficient (Wildman–Crippen LogP) is 4.04.